The molecule has 2 heterocycles. The number of nitrogens with zero attached hydrogens (tertiary/aromatic N) is 3. The molecule has 0 N–H and O–H groups in total. The van der Waals surface area contributed by atoms with Gasteiger partial charge in [0.05, 0.1) is 22.8 Å². The zero-order valence-electron chi connectivity index (χ0n) is 26.2. The Hall–Kier alpha value is -6.41. The molecule has 0 saturated heterocycles. The SMILES string of the molecule is N#Cc1cc(-c2cc3sc4cccc5c6ccccc6c(c2)c3c45)cc(-c2nc(-c3ccc(-c4ccccc4)cc3)c3ccccc3n2)c1. The molecular formula is C45H25N3S. The van der Waals surface area contributed by atoms with Crippen LogP contribution < -0.4 is 0 Å². The Morgan fingerprint density at radius 3 is 1.88 bits per heavy atom. The standard InChI is InChI=1S/C45H25N3S/c46-26-27-21-31(32-24-38-35-12-5-4-11-34(35)36-14-8-16-40-42(36)43(38)41(25-32)49-40)23-33(22-27)45-47-39-15-7-6-13-37(39)44(48-45)30-19-17-29(18-20-30)28-9-2-1-3-10-28/h1-25H. The van der Waals surface area contributed by atoms with E-state index in [0.717, 1.165) is 44.4 Å². The minimum absolute atomic E-state index is 0.575. The summed E-state index contributed by atoms with van der Waals surface area (Å²) in [5.74, 6) is 0.596. The van der Waals surface area contributed by atoms with Crippen molar-refractivity contribution in [3.63, 3.8) is 0 Å². The molecule has 2 aromatic heterocycles. The van der Waals surface area contributed by atoms with Gasteiger partial charge in [-0.1, -0.05) is 109 Å². The normalized spacial score (nSPS) is 11.7. The van der Waals surface area contributed by atoms with Crippen molar-refractivity contribution in [2.75, 3.05) is 0 Å². The maximum Gasteiger partial charge on any atom is 0.160 e. The van der Waals surface area contributed by atoms with Crippen LogP contribution in [0.25, 0.3) is 97.5 Å². The fourth-order valence-electron chi connectivity index (χ4n) is 7.37. The topological polar surface area (TPSA) is 49.6 Å². The lowest BCUT2D eigenvalue weighted by molar-refractivity contribution is 1.23. The summed E-state index contributed by atoms with van der Waals surface area (Å²) >= 11 is 1.83. The first-order valence-corrected chi connectivity index (χ1v) is 17.1. The van der Waals surface area contributed by atoms with E-state index in [2.05, 4.69) is 121 Å². The van der Waals surface area contributed by atoms with Crippen LogP contribution in [-0.4, -0.2) is 9.97 Å². The first-order valence-electron chi connectivity index (χ1n) is 16.3. The molecule has 0 unspecified atom stereocenters. The number of fused-ring (bicyclic) bond motifs is 4. The molecule has 3 nitrogen and oxygen atoms in total. The van der Waals surface area contributed by atoms with Crippen molar-refractivity contribution in [1.29, 1.82) is 5.26 Å². The molecule has 0 aliphatic rings. The van der Waals surface area contributed by atoms with E-state index in [1.807, 2.05) is 47.7 Å². The quantitative estimate of drug-likeness (QED) is 0.180. The molecule has 0 aliphatic heterocycles. The van der Waals surface area contributed by atoms with Crippen LogP contribution >= 0.6 is 11.3 Å². The third kappa shape index (κ3) is 4.41. The molecule has 226 valence electrons. The highest BCUT2D eigenvalue weighted by molar-refractivity contribution is 7.26. The molecule has 0 radical (unpaired) electrons. The monoisotopic (exact) mass is 639 g/mol. The van der Waals surface area contributed by atoms with Crippen molar-refractivity contribution < 1.29 is 0 Å². The van der Waals surface area contributed by atoms with Gasteiger partial charge in [0, 0.05) is 36.7 Å². The number of hydrogen-bond donors (Lipinski definition) is 0. The van der Waals surface area contributed by atoms with Crippen molar-refractivity contribution in [2.24, 2.45) is 0 Å². The van der Waals surface area contributed by atoms with E-state index in [-0.39, 0.29) is 0 Å². The molecule has 8 aromatic carbocycles. The first-order chi connectivity index (χ1) is 24.2. The molecule has 0 bridgehead atoms. The lowest BCUT2D eigenvalue weighted by Gasteiger charge is -2.13. The second-order valence-electron chi connectivity index (χ2n) is 12.5. The van der Waals surface area contributed by atoms with Gasteiger partial charge in [0.15, 0.2) is 5.82 Å². The van der Waals surface area contributed by atoms with Crippen LogP contribution in [0.1, 0.15) is 5.56 Å². The van der Waals surface area contributed by atoms with Crippen LogP contribution in [0.5, 0.6) is 0 Å². The molecule has 0 atom stereocenters. The van der Waals surface area contributed by atoms with E-state index in [0.29, 0.717) is 11.4 Å². The lowest BCUT2D eigenvalue weighted by atomic mass is 9.91. The van der Waals surface area contributed by atoms with E-state index in [1.54, 1.807) is 0 Å². The molecule has 0 spiro atoms. The highest BCUT2D eigenvalue weighted by Crippen LogP contribution is 2.47. The second kappa shape index (κ2) is 10.8. The van der Waals surface area contributed by atoms with Gasteiger partial charge >= 0.3 is 0 Å². The van der Waals surface area contributed by atoms with Gasteiger partial charge in [-0.2, -0.15) is 5.26 Å². The zero-order valence-corrected chi connectivity index (χ0v) is 27.0. The predicted octanol–water partition coefficient (Wildman–Crippen LogP) is 12.3. The van der Waals surface area contributed by atoms with Gasteiger partial charge < -0.3 is 0 Å². The molecule has 49 heavy (non-hydrogen) atoms. The number of rotatable bonds is 4. The predicted molar refractivity (Wildman–Crippen MR) is 205 cm³/mol. The smallest absolute Gasteiger partial charge is 0.160 e. The van der Waals surface area contributed by atoms with E-state index in [9.17, 15) is 5.26 Å². The second-order valence-corrected chi connectivity index (χ2v) is 13.6. The Morgan fingerprint density at radius 2 is 1.06 bits per heavy atom. The Kier molecular flexibility index (Phi) is 6.11. The summed E-state index contributed by atoms with van der Waals surface area (Å²) in [5, 5.41) is 18.9. The van der Waals surface area contributed by atoms with Crippen LogP contribution in [0.4, 0.5) is 0 Å². The number of para-hydroxylation sites is 1. The van der Waals surface area contributed by atoms with Crippen LogP contribution in [-0.2, 0) is 0 Å². The average Bonchev–Trinajstić information content (AvgIpc) is 3.56. The Labute approximate surface area is 286 Å². The Morgan fingerprint density at radius 1 is 0.429 bits per heavy atom. The van der Waals surface area contributed by atoms with Crippen molar-refractivity contribution in [3.8, 4) is 51.0 Å². The third-order valence-corrected chi connectivity index (χ3v) is 10.7. The first kappa shape index (κ1) is 27.7. The fraction of sp³-hybridized carbons (Fsp3) is 0. The summed E-state index contributed by atoms with van der Waals surface area (Å²) < 4.78 is 2.54. The van der Waals surface area contributed by atoms with E-state index >= 15 is 0 Å². The van der Waals surface area contributed by atoms with Gasteiger partial charge in [-0.15, -0.1) is 11.3 Å². The molecule has 0 fully saturated rings. The van der Waals surface area contributed by atoms with Gasteiger partial charge in [0.2, 0.25) is 0 Å². The fourth-order valence-corrected chi connectivity index (χ4v) is 8.57. The van der Waals surface area contributed by atoms with Crippen LogP contribution in [0.3, 0.4) is 0 Å². The van der Waals surface area contributed by atoms with Crippen LogP contribution in [0.15, 0.2) is 152 Å². The maximum atomic E-state index is 10.2. The van der Waals surface area contributed by atoms with E-state index < -0.39 is 0 Å². The number of aromatic nitrogens is 2. The maximum absolute atomic E-state index is 10.2. The van der Waals surface area contributed by atoms with Crippen molar-refractivity contribution in [1.82, 2.24) is 9.97 Å². The molecule has 0 aliphatic carbocycles. The minimum Gasteiger partial charge on any atom is -0.228 e. The zero-order chi connectivity index (χ0) is 32.5. The Bertz CT molecular complexity index is 2930. The van der Waals surface area contributed by atoms with Gasteiger partial charge in [-0.25, -0.2) is 9.97 Å². The molecule has 4 heteroatoms. The number of benzene rings is 8. The van der Waals surface area contributed by atoms with Crippen molar-refractivity contribution in [2.45, 2.75) is 0 Å². The summed E-state index contributed by atoms with van der Waals surface area (Å²) in [6, 6.07) is 55.4. The molecule has 0 saturated carbocycles. The number of hydrogen-bond acceptors (Lipinski definition) is 4. The van der Waals surface area contributed by atoms with E-state index in [4.69, 9.17) is 9.97 Å². The summed E-state index contributed by atoms with van der Waals surface area (Å²) in [6.45, 7) is 0. The highest BCUT2D eigenvalue weighted by atomic mass is 32.1. The van der Waals surface area contributed by atoms with Crippen molar-refractivity contribution in [3.05, 3.63) is 157 Å². The molecule has 0 amide bonds. The summed E-state index contributed by atoms with van der Waals surface area (Å²) in [4.78, 5) is 10.2. The summed E-state index contributed by atoms with van der Waals surface area (Å²) in [5.41, 5.74) is 8.51. The third-order valence-electron chi connectivity index (χ3n) is 9.63. The van der Waals surface area contributed by atoms with E-state index in [1.165, 1.54) is 47.3 Å². The van der Waals surface area contributed by atoms with Gasteiger partial charge in [0.25, 0.3) is 0 Å². The van der Waals surface area contributed by atoms with Gasteiger partial charge in [-0.3, -0.25) is 0 Å². The van der Waals surface area contributed by atoms with Crippen molar-refractivity contribution >= 4 is 64.0 Å². The van der Waals surface area contributed by atoms with Gasteiger partial charge in [0.1, 0.15) is 0 Å². The molecule has 10 rings (SSSR count). The average molecular weight is 640 g/mol. The lowest BCUT2D eigenvalue weighted by Crippen LogP contribution is -1.96. The van der Waals surface area contributed by atoms with Crippen LogP contribution in [0.2, 0.25) is 0 Å². The number of nitriles is 1. The summed E-state index contributed by atoms with van der Waals surface area (Å²) in [6.07, 6.45) is 0. The van der Waals surface area contributed by atoms with Gasteiger partial charge in [-0.05, 0) is 86.3 Å². The molecule has 10 aromatic rings. The highest BCUT2D eigenvalue weighted by Gasteiger charge is 2.18. The summed E-state index contributed by atoms with van der Waals surface area (Å²) in [7, 11) is 0. The minimum atomic E-state index is 0.575. The number of thiophene rings is 1. The van der Waals surface area contributed by atoms with Crippen LogP contribution in [0, 0.1) is 11.3 Å². The largest absolute Gasteiger partial charge is 0.228 e. The molecular weight excluding hydrogens is 615 g/mol. The Balaban J connectivity index is 1.16.